The molecule has 9 heteroatoms. The Kier molecular flexibility index (Phi) is 11.4. The van der Waals surface area contributed by atoms with Crippen LogP contribution in [0, 0.1) is 0 Å². The largest absolute Gasteiger partial charge is 0.497 e. The Hall–Kier alpha value is -3.13. The first-order valence-corrected chi connectivity index (χ1v) is 15.4. The lowest BCUT2D eigenvalue weighted by Crippen LogP contribution is -2.25. The Bertz CT molecular complexity index is 1440. The fourth-order valence-corrected chi connectivity index (χ4v) is 5.98. The van der Waals surface area contributed by atoms with Crippen molar-refractivity contribution in [1.82, 2.24) is 14.9 Å². The predicted octanol–water partition coefficient (Wildman–Crippen LogP) is 8.18. The standard InChI is InChI=1S/C32H35Cl2N3O3S/c1-4-19-37-31(24-10-15-27(40-3)16-11-24)30(23-8-13-26(39-2)14-9-23)36-32(37)41-20-5-6-29(38)35-18-17-22-7-12-25(33)21-28(22)34/h7-16,21H,4-6,17-20H2,1-3H3,(H,35,38). The Morgan fingerprint density at radius 1 is 0.951 bits per heavy atom. The van der Waals surface area contributed by atoms with E-state index in [0.29, 0.717) is 29.4 Å². The fraction of sp³-hybridized carbons (Fsp3) is 0.312. The van der Waals surface area contributed by atoms with Crippen molar-refractivity contribution >= 4 is 40.9 Å². The Morgan fingerprint density at radius 3 is 2.22 bits per heavy atom. The molecule has 0 radical (unpaired) electrons. The number of nitrogens with zero attached hydrogens (tertiary/aromatic N) is 2. The van der Waals surface area contributed by atoms with Crippen LogP contribution in [-0.2, 0) is 17.8 Å². The van der Waals surface area contributed by atoms with Crippen molar-refractivity contribution in [2.75, 3.05) is 26.5 Å². The second-order valence-electron chi connectivity index (χ2n) is 9.49. The summed E-state index contributed by atoms with van der Waals surface area (Å²) in [6, 6.07) is 21.5. The highest BCUT2D eigenvalue weighted by Gasteiger charge is 2.20. The van der Waals surface area contributed by atoms with Gasteiger partial charge >= 0.3 is 0 Å². The van der Waals surface area contributed by atoms with Crippen LogP contribution in [0.2, 0.25) is 10.0 Å². The number of nitrogens with one attached hydrogen (secondary N) is 1. The molecule has 0 saturated heterocycles. The van der Waals surface area contributed by atoms with Crippen molar-refractivity contribution in [3.05, 3.63) is 82.3 Å². The van der Waals surface area contributed by atoms with E-state index in [4.69, 9.17) is 37.7 Å². The molecule has 0 fully saturated rings. The summed E-state index contributed by atoms with van der Waals surface area (Å²) in [5.74, 6) is 2.43. The van der Waals surface area contributed by atoms with E-state index in [0.717, 1.165) is 69.9 Å². The number of ether oxygens (including phenoxy) is 2. The van der Waals surface area contributed by atoms with Crippen LogP contribution >= 0.6 is 35.0 Å². The van der Waals surface area contributed by atoms with Crippen molar-refractivity contribution < 1.29 is 14.3 Å². The minimum absolute atomic E-state index is 0.0328. The molecule has 0 saturated carbocycles. The number of thioether (sulfide) groups is 1. The molecule has 216 valence electrons. The van der Waals surface area contributed by atoms with Crippen LogP contribution in [0.3, 0.4) is 0 Å². The van der Waals surface area contributed by atoms with Crippen LogP contribution in [0.25, 0.3) is 22.5 Å². The van der Waals surface area contributed by atoms with E-state index in [9.17, 15) is 4.79 Å². The maximum absolute atomic E-state index is 12.5. The van der Waals surface area contributed by atoms with Gasteiger partial charge in [0.1, 0.15) is 11.5 Å². The number of methoxy groups -OCH3 is 2. The molecule has 41 heavy (non-hydrogen) atoms. The van der Waals surface area contributed by atoms with Crippen LogP contribution in [0.15, 0.2) is 71.9 Å². The first-order chi connectivity index (χ1) is 19.9. The summed E-state index contributed by atoms with van der Waals surface area (Å²) in [7, 11) is 3.33. The molecule has 1 amide bonds. The van der Waals surface area contributed by atoms with Crippen molar-refractivity contribution in [3.63, 3.8) is 0 Å². The van der Waals surface area contributed by atoms with Gasteiger partial charge in [-0.3, -0.25) is 4.79 Å². The van der Waals surface area contributed by atoms with Crippen molar-refractivity contribution in [2.45, 2.75) is 44.3 Å². The van der Waals surface area contributed by atoms with E-state index >= 15 is 0 Å². The minimum Gasteiger partial charge on any atom is -0.497 e. The molecule has 6 nitrogen and oxygen atoms in total. The molecular weight excluding hydrogens is 577 g/mol. The van der Waals surface area contributed by atoms with Crippen LogP contribution in [0.1, 0.15) is 31.7 Å². The summed E-state index contributed by atoms with van der Waals surface area (Å²) in [6.45, 7) is 3.53. The summed E-state index contributed by atoms with van der Waals surface area (Å²) in [4.78, 5) is 17.6. The van der Waals surface area contributed by atoms with E-state index in [1.165, 1.54) is 0 Å². The summed E-state index contributed by atoms with van der Waals surface area (Å²) in [6.07, 6.45) is 2.82. The molecular formula is C32H35Cl2N3O3S. The lowest BCUT2D eigenvalue weighted by atomic mass is 10.0. The molecule has 3 aromatic carbocycles. The maximum atomic E-state index is 12.5. The first-order valence-electron chi connectivity index (χ1n) is 13.7. The van der Waals surface area contributed by atoms with Gasteiger partial charge in [0.05, 0.1) is 25.6 Å². The number of benzene rings is 3. The summed E-state index contributed by atoms with van der Waals surface area (Å²) in [5, 5.41) is 5.17. The van der Waals surface area contributed by atoms with E-state index in [-0.39, 0.29) is 5.91 Å². The van der Waals surface area contributed by atoms with Gasteiger partial charge in [-0.05, 0) is 85.5 Å². The average Bonchev–Trinajstić information content (AvgIpc) is 3.34. The second-order valence-corrected chi connectivity index (χ2v) is 11.4. The number of rotatable bonds is 14. The van der Waals surface area contributed by atoms with Crippen LogP contribution in [-0.4, -0.2) is 42.0 Å². The smallest absolute Gasteiger partial charge is 0.220 e. The number of imidazole rings is 1. The highest BCUT2D eigenvalue weighted by atomic mass is 35.5. The zero-order chi connectivity index (χ0) is 29.2. The molecule has 0 aliphatic heterocycles. The number of hydrogen-bond donors (Lipinski definition) is 1. The molecule has 0 spiro atoms. The van der Waals surface area contributed by atoms with Crippen molar-refractivity contribution in [1.29, 1.82) is 0 Å². The van der Waals surface area contributed by atoms with Gasteiger partial charge in [0.15, 0.2) is 5.16 Å². The zero-order valence-corrected chi connectivity index (χ0v) is 25.9. The Morgan fingerprint density at radius 2 is 1.61 bits per heavy atom. The SMILES string of the molecule is CCCn1c(SCCCC(=O)NCCc2ccc(Cl)cc2Cl)nc(-c2ccc(OC)cc2)c1-c1ccc(OC)cc1. The van der Waals surface area contributed by atoms with E-state index in [1.807, 2.05) is 48.5 Å². The number of carbonyl (C=O) groups excluding carboxylic acids is 1. The molecule has 0 aliphatic carbocycles. The van der Waals surface area contributed by atoms with Crippen molar-refractivity contribution in [2.24, 2.45) is 0 Å². The maximum Gasteiger partial charge on any atom is 0.220 e. The Labute approximate surface area is 256 Å². The molecule has 0 bridgehead atoms. The molecule has 0 atom stereocenters. The van der Waals surface area contributed by atoms with Gasteiger partial charge < -0.3 is 19.4 Å². The summed E-state index contributed by atoms with van der Waals surface area (Å²) >= 11 is 13.9. The summed E-state index contributed by atoms with van der Waals surface area (Å²) < 4.78 is 13.0. The predicted molar refractivity (Wildman–Crippen MR) is 170 cm³/mol. The third kappa shape index (κ3) is 8.22. The number of aromatic nitrogens is 2. The molecule has 4 rings (SSSR count). The number of carbonyl (C=O) groups is 1. The quantitative estimate of drug-likeness (QED) is 0.115. The molecule has 1 N–H and O–H groups in total. The molecule has 4 aromatic rings. The van der Waals surface area contributed by atoms with E-state index in [2.05, 4.69) is 28.9 Å². The Balaban J connectivity index is 1.45. The van der Waals surface area contributed by atoms with Crippen LogP contribution < -0.4 is 14.8 Å². The molecule has 0 aliphatic rings. The van der Waals surface area contributed by atoms with Gasteiger partial charge in [0.2, 0.25) is 5.91 Å². The lowest BCUT2D eigenvalue weighted by molar-refractivity contribution is -0.121. The first kappa shape index (κ1) is 30.8. The van der Waals surface area contributed by atoms with Gasteiger partial charge in [-0.15, -0.1) is 0 Å². The number of halogens is 2. The average molecular weight is 613 g/mol. The van der Waals surface area contributed by atoms with Crippen molar-refractivity contribution in [3.8, 4) is 34.0 Å². The van der Waals surface area contributed by atoms with Gasteiger partial charge in [-0.25, -0.2) is 4.98 Å². The van der Waals surface area contributed by atoms with Gasteiger partial charge in [-0.2, -0.15) is 0 Å². The number of amides is 1. The second kappa shape index (κ2) is 15.2. The third-order valence-corrected chi connectivity index (χ3v) is 8.27. The molecule has 1 heterocycles. The highest BCUT2D eigenvalue weighted by molar-refractivity contribution is 7.99. The molecule has 1 aromatic heterocycles. The van der Waals surface area contributed by atoms with Gasteiger partial charge in [-0.1, -0.05) is 48.0 Å². The van der Waals surface area contributed by atoms with Gasteiger partial charge in [0, 0.05) is 46.4 Å². The van der Waals surface area contributed by atoms with Crippen LogP contribution in [0.5, 0.6) is 11.5 Å². The summed E-state index contributed by atoms with van der Waals surface area (Å²) in [5.41, 5.74) is 5.06. The lowest BCUT2D eigenvalue weighted by Gasteiger charge is -2.13. The zero-order valence-electron chi connectivity index (χ0n) is 23.6. The monoisotopic (exact) mass is 611 g/mol. The van der Waals surface area contributed by atoms with E-state index in [1.54, 1.807) is 32.0 Å². The third-order valence-electron chi connectivity index (χ3n) is 6.62. The van der Waals surface area contributed by atoms with E-state index < -0.39 is 0 Å². The topological polar surface area (TPSA) is 65.4 Å². The fourth-order valence-electron chi connectivity index (χ4n) is 4.51. The minimum atomic E-state index is 0.0328. The normalized spacial score (nSPS) is 11.0. The molecule has 0 unspecified atom stereocenters. The highest BCUT2D eigenvalue weighted by Crippen LogP contribution is 2.37. The van der Waals surface area contributed by atoms with Crippen LogP contribution in [0.4, 0.5) is 0 Å². The van der Waals surface area contributed by atoms with Gasteiger partial charge in [0.25, 0.3) is 0 Å². The number of hydrogen-bond acceptors (Lipinski definition) is 5.